The lowest BCUT2D eigenvalue weighted by atomic mass is 9.95. The SMILES string of the molecule is C=CC[C@H]1CCCN(c2nccc(N)n2)C1. The van der Waals surface area contributed by atoms with Gasteiger partial charge in [0.1, 0.15) is 5.82 Å². The van der Waals surface area contributed by atoms with Gasteiger partial charge in [0.05, 0.1) is 0 Å². The molecular formula is C12H18N4. The quantitative estimate of drug-likeness (QED) is 0.787. The number of allylic oxidation sites excluding steroid dienone is 1. The highest BCUT2D eigenvalue weighted by atomic mass is 15.3. The van der Waals surface area contributed by atoms with E-state index in [0.717, 1.165) is 25.5 Å². The summed E-state index contributed by atoms with van der Waals surface area (Å²) in [6, 6.07) is 1.72. The lowest BCUT2D eigenvalue weighted by molar-refractivity contribution is 0.415. The first-order valence-electron chi connectivity index (χ1n) is 5.74. The number of anilines is 2. The minimum Gasteiger partial charge on any atom is -0.384 e. The fourth-order valence-electron chi connectivity index (χ4n) is 2.19. The predicted octanol–water partition coefficient (Wildman–Crippen LogP) is 1.85. The highest BCUT2D eigenvalue weighted by Crippen LogP contribution is 2.22. The van der Waals surface area contributed by atoms with Crippen molar-refractivity contribution in [3.05, 3.63) is 24.9 Å². The molecule has 16 heavy (non-hydrogen) atoms. The Hall–Kier alpha value is -1.58. The molecule has 1 aliphatic rings. The molecule has 4 nitrogen and oxygen atoms in total. The molecule has 0 saturated carbocycles. The van der Waals surface area contributed by atoms with Gasteiger partial charge in [0, 0.05) is 19.3 Å². The number of hydrogen-bond acceptors (Lipinski definition) is 4. The van der Waals surface area contributed by atoms with Gasteiger partial charge in [-0.3, -0.25) is 0 Å². The lowest BCUT2D eigenvalue weighted by Gasteiger charge is -2.32. The Morgan fingerprint density at radius 2 is 2.50 bits per heavy atom. The monoisotopic (exact) mass is 218 g/mol. The largest absolute Gasteiger partial charge is 0.384 e. The molecule has 1 saturated heterocycles. The van der Waals surface area contributed by atoms with E-state index in [1.54, 1.807) is 12.3 Å². The Balaban J connectivity index is 2.06. The van der Waals surface area contributed by atoms with Crippen LogP contribution in [0.2, 0.25) is 0 Å². The molecule has 0 aliphatic carbocycles. The van der Waals surface area contributed by atoms with Crippen molar-refractivity contribution in [1.29, 1.82) is 0 Å². The van der Waals surface area contributed by atoms with Gasteiger partial charge in [0.25, 0.3) is 0 Å². The fourth-order valence-corrected chi connectivity index (χ4v) is 2.19. The first kappa shape index (κ1) is 10.9. The van der Waals surface area contributed by atoms with Gasteiger partial charge >= 0.3 is 0 Å². The molecule has 1 aromatic heterocycles. The van der Waals surface area contributed by atoms with Crippen molar-refractivity contribution in [1.82, 2.24) is 9.97 Å². The van der Waals surface area contributed by atoms with Gasteiger partial charge in [0.15, 0.2) is 0 Å². The zero-order chi connectivity index (χ0) is 11.4. The predicted molar refractivity (Wildman–Crippen MR) is 66.2 cm³/mol. The molecule has 1 aromatic rings. The molecule has 4 heteroatoms. The standard InChI is InChI=1S/C12H18N4/c1-2-4-10-5-3-8-16(9-10)12-14-7-6-11(13)15-12/h2,6-7,10H,1,3-5,8-9H2,(H2,13,14,15)/t10-/m0/s1. The summed E-state index contributed by atoms with van der Waals surface area (Å²) in [5.41, 5.74) is 5.66. The summed E-state index contributed by atoms with van der Waals surface area (Å²) < 4.78 is 0. The summed E-state index contributed by atoms with van der Waals surface area (Å²) in [6.45, 7) is 5.83. The van der Waals surface area contributed by atoms with Gasteiger partial charge in [-0.2, -0.15) is 4.98 Å². The van der Waals surface area contributed by atoms with E-state index in [0.29, 0.717) is 11.7 Å². The average molecular weight is 218 g/mol. The number of nitrogens with two attached hydrogens (primary N) is 1. The Morgan fingerprint density at radius 3 is 3.25 bits per heavy atom. The fraction of sp³-hybridized carbons (Fsp3) is 0.500. The van der Waals surface area contributed by atoms with Crippen molar-refractivity contribution in [2.75, 3.05) is 23.7 Å². The third kappa shape index (κ3) is 2.51. The molecule has 0 radical (unpaired) electrons. The van der Waals surface area contributed by atoms with Crippen LogP contribution in [0.1, 0.15) is 19.3 Å². The summed E-state index contributed by atoms with van der Waals surface area (Å²) in [6.07, 6.45) is 7.24. The molecular weight excluding hydrogens is 200 g/mol. The molecule has 1 fully saturated rings. The molecule has 86 valence electrons. The van der Waals surface area contributed by atoms with Crippen LogP contribution in [0, 0.1) is 5.92 Å². The molecule has 0 aromatic carbocycles. The van der Waals surface area contributed by atoms with Crippen molar-refractivity contribution in [3.8, 4) is 0 Å². The van der Waals surface area contributed by atoms with E-state index >= 15 is 0 Å². The van der Waals surface area contributed by atoms with E-state index in [1.807, 2.05) is 6.08 Å². The van der Waals surface area contributed by atoms with E-state index in [2.05, 4.69) is 21.4 Å². The van der Waals surface area contributed by atoms with Gasteiger partial charge in [-0.15, -0.1) is 6.58 Å². The van der Waals surface area contributed by atoms with Crippen LogP contribution in [0.5, 0.6) is 0 Å². The van der Waals surface area contributed by atoms with Gasteiger partial charge in [-0.05, 0) is 31.2 Å². The normalized spacial score (nSPS) is 20.8. The van der Waals surface area contributed by atoms with Crippen LogP contribution >= 0.6 is 0 Å². The minimum absolute atomic E-state index is 0.538. The molecule has 0 spiro atoms. The molecule has 2 rings (SSSR count). The summed E-state index contributed by atoms with van der Waals surface area (Å²) in [7, 11) is 0. The van der Waals surface area contributed by atoms with Crippen molar-refractivity contribution < 1.29 is 0 Å². The highest BCUT2D eigenvalue weighted by Gasteiger charge is 2.20. The first-order valence-corrected chi connectivity index (χ1v) is 5.74. The Bertz CT molecular complexity index is 364. The first-order chi connectivity index (χ1) is 7.79. The van der Waals surface area contributed by atoms with Gasteiger partial charge in [-0.25, -0.2) is 4.98 Å². The second-order valence-corrected chi connectivity index (χ2v) is 4.26. The summed E-state index contributed by atoms with van der Waals surface area (Å²) >= 11 is 0. The minimum atomic E-state index is 0.538. The van der Waals surface area contributed by atoms with E-state index < -0.39 is 0 Å². The number of piperidine rings is 1. The average Bonchev–Trinajstić information content (AvgIpc) is 2.30. The van der Waals surface area contributed by atoms with Crippen molar-refractivity contribution in [2.24, 2.45) is 5.92 Å². The maximum Gasteiger partial charge on any atom is 0.227 e. The van der Waals surface area contributed by atoms with Crippen LogP contribution < -0.4 is 10.6 Å². The topological polar surface area (TPSA) is 55.0 Å². The maximum atomic E-state index is 5.66. The Labute approximate surface area is 96.2 Å². The van der Waals surface area contributed by atoms with E-state index in [9.17, 15) is 0 Å². The summed E-state index contributed by atoms with van der Waals surface area (Å²) in [4.78, 5) is 10.7. The molecule has 2 N–H and O–H groups in total. The van der Waals surface area contributed by atoms with E-state index in [1.165, 1.54) is 12.8 Å². The van der Waals surface area contributed by atoms with Crippen LogP contribution in [-0.2, 0) is 0 Å². The molecule has 0 unspecified atom stereocenters. The van der Waals surface area contributed by atoms with Crippen LogP contribution in [0.3, 0.4) is 0 Å². The maximum absolute atomic E-state index is 5.66. The van der Waals surface area contributed by atoms with Crippen LogP contribution in [0.4, 0.5) is 11.8 Å². The van der Waals surface area contributed by atoms with Crippen LogP contribution in [0.25, 0.3) is 0 Å². The number of nitrogens with zero attached hydrogens (tertiary/aromatic N) is 3. The van der Waals surface area contributed by atoms with Crippen molar-refractivity contribution >= 4 is 11.8 Å². The smallest absolute Gasteiger partial charge is 0.227 e. The summed E-state index contributed by atoms with van der Waals surface area (Å²) in [5.74, 6) is 1.97. The number of rotatable bonds is 3. The number of aromatic nitrogens is 2. The van der Waals surface area contributed by atoms with Gasteiger partial charge in [0.2, 0.25) is 5.95 Å². The van der Waals surface area contributed by atoms with Crippen LogP contribution in [0.15, 0.2) is 24.9 Å². The third-order valence-electron chi connectivity index (χ3n) is 2.97. The van der Waals surface area contributed by atoms with E-state index in [-0.39, 0.29) is 0 Å². The molecule has 2 heterocycles. The zero-order valence-corrected chi connectivity index (χ0v) is 9.47. The van der Waals surface area contributed by atoms with Crippen molar-refractivity contribution in [3.63, 3.8) is 0 Å². The number of nitrogen functional groups attached to an aromatic ring is 1. The Morgan fingerprint density at radius 1 is 1.62 bits per heavy atom. The second kappa shape index (κ2) is 4.96. The third-order valence-corrected chi connectivity index (χ3v) is 2.97. The lowest BCUT2D eigenvalue weighted by Crippen LogP contribution is -2.36. The molecule has 0 amide bonds. The second-order valence-electron chi connectivity index (χ2n) is 4.26. The molecule has 0 bridgehead atoms. The number of hydrogen-bond donors (Lipinski definition) is 1. The molecule has 1 atom stereocenters. The summed E-state index contributed by atoms with van der Waals surface area (Å²) in [5, 5.41) is 0. The highest BCUT2D eigenvalue weighted by molar-refractivity contribution is 5.38. The van der Waals surface area contributed by atoms with E-state index in [4.69, 9.17) is 5.73 Å². The van der Waals surface area contributed by atoms with Gasteiger partial charge in [-0.1, -0.05) is 6.08 Å². The van der Waals surface area contributed by atoms with Crippen LogP contribution in [-0.4, -0.2) is 23.1 Å². The van der Waals surface area contributed by atoms with Crippen molar-refractivity contribution in [2.45, 2.75) is 19.3 Å². The zero-order valence-electron chi connectivity index (χ0n) is 9.47. The molecule has 1 aliphatic heterocycles. The Kier molecular flexibility index (Phi) is 3.39. The van der Waals surface area contributed by atoms with Gasteiger partial charge < -0.3 is 10.6 Å².